The van der Waals surface area contributed by atoms with Crippen LogP contribution in [0.1, 0.15) is 68.8 Å². The molecule has 0 aromatic heterocycles. The number of ether oxygens (including phenoxy) is 2. The van der Waals surface area contributed by atoms with Crippen LogP contribution in [0.5, 0.6) is 0 Å². The van der Waals surface area contributed by atoms with E-state index in [9.17, 15) is 9.59 Å². The van der Waals surface area contributed by atoms with Crippen LogP contribution >= 0.6 is 0 Å². The molecule has 0 saturated carbocycles. The third-order valence-corrected chi connectivity index (χ3v) is 3.45. The molecule has 4 heteroatoms. The number of hydrogen-bond donors (Lipinski definition) is 0. The van der Waals surface area contributed by atoms with Crippen LogP contribution in [0, 0.1) is 0 Å². The maximum absolute atomic E-state index is 11.9. The van der Waals surface area contributed by atoms with Crippen LogP contribution in [0.3, 0.4) is 0 Å². The monoisotopic (exact) mass is 306 g/mol. The van der Waals surface area contributed by atoms with Gasteiger partial charge in [-0.05, 0) is 50.3 Å². The van der Waals surface area contributed by atoms with Gasteiger partial charge in [-0.25, -0.2) is 4.79 Å². The second-order valence-electron chi connectivity index (χ2n) is 5.71. The van der Waals surface area contributed by atoms with Gasteiger partial charge in [0.2, 0.25) is 0 Å². The summed E-state index contributed by atoms with van der Waals surface area (Å²) < 4.78 is 10.2. The van der Waals surface area contributed by atoms with Gasteiger partial charge in [0.15, 0.2) is 0 Å². The van der Waals surface area contributed by atoms with E-state index in [0.717, 1.165) is 6.42 Å². The molecule has 0 spiro atoms. The molecule has 0 fully saturated rings. The second-order valence-corrected chi connectivity index (χ2v) is 5.71. The van der Waals surface area contributed by atoms with Crippen molar-refractivity contribution in [3.63, 3.8) is 0 Å². The molecule has 0 aliphatic rings. The molecule has 1 unspecified atom stereocenters. The van der Waals surface area contributed by atoms with Crippen LogP contribution < -0.4 is 0 Å². The van der Waals surface area contributed by atoms with Gasteiger partial charge in [-0.15, -0.1) is 0 Å². The summed E-state index contributed by atoms with van der Waals surface area (Å²) in [5.41, 5.74) is 1.76. The van der Waals surface area contributed by atoms with E-state index in [1.165, 1.54) is 5.56 Å². The summed E-state index contributed by atoms with van der Waals surface area (Å²) in [5.74, 6) is -0.131. The maximum Gasteiger partial charge on any atom is 0.338 e. The van der Waals surface area contributed by atoms with Gasteiger partial charge in [-0.2, -0.15) is 0 Å². The first-order valence-electron chi connectivity index (χ1n) is 7.90. The Morgan fingerprint density at radius 1 is 1.09 bits per heavy atom. The number of carbonyl (C=O) groups excluding carboxylic acids is 2. The zero-order valence-electron chi connectivity index (χ0n) is 13.9. The minimum absolute atomic E-state index is 0.112. The first-order chi connectivity index (χ1) is 10.4. The Morgan fingerprint density at radius 3 is 2.27 bits per heavy atom. The SMILES string of the molecule is CCC(C)c1ccc(C(=O)OCCCC(=O)OC(C)C)cc1. The summed E-state index contributed by atoms with van der Waals surface area (Å²) in [5, 5.41) is 0. The van der Waals surface area contributed by atoms with Gasteiger partial charge in [-0.1, -0.05) is 26.0 Å². The highest BCUT2D eigenvalue weighted by molar-refractivity contribution is 5.89. The molecule has 122 valence electrons. The smallest absolute Gasteiger partial charge is 0.338 e. The molecule has 1 aromatic rings. The lowest BCUT2D eigenvalue weighted by atomic mass is 9.98. The molecular formula is C18H26O4. The standard InChI is InChI=1S/C18H26O4/c1-5-14(4)15-8-10-16(11-9-15)18(20)21-12-6-7-17(19)22-13(2)3/h8-11,13-14H,5-7,12H2,1-4H3. The third-order valence-electron chi connectivity index (χ3n) is 3.45. The molecule has 1 atom stereocenters. The molecule has 0 heterocycles. The van der Waals surface area contributed by atoms with Gasteiger partial charge >= 0.3 is 11.9 Å². The quantitative estimate of drug-likeness (QED) is 0.536. The number of carbonyl (C=O) groups is 2. The van der Waals surface area contributed by atoms with Crippen molar-refractivity contribution in [3.8, 4) is 0 Å². The van der Waals surface area contributed by atoms with E-state index in [1.54, 1.807) is 26.0 Å². The summed E-state index contributed by atoms with van der Waals surface area (Å²) in [6.07, 6.45) is 1.69. The van der Waals surface area contributed by atoms with E-state index in [0.29, 0.717) is 17.9 Å². The van der Waals surface area contributed by atoms with Crippen LogP contribution in [0.25, 0.3) is 0 Å². The molecule has 0 amide bonds. The number of rotatable bonds is 8. The van der Waals surface area contributed by atoms with E-state index in [-0.39, 0.29) is 31.1 Å². The van der Waals surface area contributed by atoms with Crippen molar-refractivity contribution in [2.45, 2.75) is 59.0 Å². The van der Waals surface area contributed by atoms with Crippen molar-refractivity contribution in [1.82, 2.24) is 0 Å². The van der Waals surface area contributed by atoms with Crippen molar-refractivity contribution in [1.29, 1.82) is 0 Å². The topological polar surface area (TPSA) is 52.6 Å². The summed E-state index contributed by atoms with van der Waals surface area (Å²) in [6, 6.07) is 7.50. The summed E-state index contributed by atoms with van der Waals surface area (Å²) in [7, 11) is 0. The summed E-state index contributed by atoms with van der Waals surface area (Å²) in [6.45, 7) is 8.13. The van der Waals surface area contributed by atoms with Gasteiger partial charge in [0.1, 0.15) is 0 Å². The first kappa shape index (κ1) is 18.2. The average Bonchev–Trinajstić information content (AvgIpc) is 2.50. The fraction of sp³-hybridized carbons (Fsp3) is 0.556. The van der Waals surface area contributed by atoms with Crippen LogP contribution in [-0.2, 0) is 14.3 Å². The lowest BCUT2D eigenvalue weighted by Gasteiger charge is -2.10. The number of hydrogen-bond acceptors (Lipinski definition) is 4. The maximum atomic E-state index is 11.9. The Morgan fingerprint density at radius 2 is 1.73 bits per heavy atom. The Bertz CT molecular complexity index is 476. The zero-order valence-corrected chi connectivity index (χ0v) is 13.9. The van der Waals surface area contributed by atoms with Gasteiger partial charge in [0.05, 0.1) is 18.3 Å². The molecule has 0 aliphatic heterocycles. The van der Waals surface area contributed by atoms with Gasteiger partial charge < -0.3 is 9.47 Å². The lowest BCUT2D eigenvalue weighted by molar-refractivity contribution is -0.147. The van der Waals surface area contributed by atoms with Crippen molar-refractivity contribution < 1.29 is 19.1 Å². The Labute approximate surface area is 132 Å². The summed E-state index contributed by atoms with van der Waals surface area (Å²) in [4.78, 5) is 23.2. The molecule has 0 aliphatic carbocycles. The highest BCUT2D eigenvalue weighted by Crippen LogP contribution is 2.19. The minimum atomic E-state index is -0.354. The first-order valence-corrected chi connectivity index (χ1v) is 7.90. The van der Waals surface area contributed by atoms with E-state index in [2.05, 4.69) is 13.8 Å². The fourth-order valence-electron chi connectivity index (χ4n) is 1.97. The fourth-order valence-corrected chi connectivity index (χ4v) is 1.97. The molecule has 1 rings (SSSR count). The van der Waals surface area contributed by atoms with Gasteiger partial charge in [-0.3, -0.25) is 4.79 Å². The molecule has 0 saturated heterocycles. The van der Waals surface area contributed by atoms with E-state index in [1.807, 2.05) is 12.1 Å². The largest absolute Gasteiger partial charge is 0.463 e. The average molecular weight is 306 g/mol. The van der Waals surface area contributed by atoms with E-state index in [4.69, 9.17) is 9.47 Å². The molecule has 0 N–H and O–H groups in total. The predicted octanol–water partition coefficient (Wildman–Crippen LogP) is 4.09. The molecular weight excluding hydrogens is 280 g/mol. The van der Waals surface area contributed by atoms with Crippen LogP contribution in [-0.4, -0.2) is 24.6 Å². The minimum Gasteiger partial charge on any atom is -0.463 e. The molecule has 22 heavy (non-hydrogen) atoms. The summed E-state index contributed by atoms with van der Waals surface area (Å²) >= 11 is 0. The molecule has 0 radical (unpaired) electrons. The second kappa shape index (κ2) is 9.23. The van der Waals surface area contributed by atoms with Crippen LogP contribution in [0.15, 0.2) is 24.3 Å². The van der Waals surface area contributed by atoms with E-state index >= 15 is 0 Å². The highest BCUT2D eigenvalue weighted by atomic mass is 16.5. The molecule has 1 aromatic carbocycles. The number of esters is 2. The predicted molar refractivity (Wildman–Crippen MR) is 85.9 cm³/mol. The Kier molecular flexibility index (Phi) is 7.64. The Hall–Kier alpha value is -1.84. The van der Waals surface area contributed by atoms with Gasteiger partial charge in [0.25, 0.3) is 0 Å². The van der Waals surface area contributed by atoms with Crippen molar-refractivity contribution in [2.75, 3.05) is 6.61 Å². The molecule has 0 bridgehead atoms. The lowest BCUT2D eigenvalue weighted by Crippen LogP contribution is -2.13. The third kappa shape index (κ3) is 6.29. The van der Waals surface area contributed by atoms with Crippen molar-refractivity contribution in [2.24, 2.45) is 0 Å². The Balaban J connectivity index is 2.35. The highest BCUT2D eigenvalue weighted by Gasteiger charge is 2.10. The number of benzene rings is 1. The zero-order chi connectivity index (χ0) is 16.5. The van der Waals surface area contributed by atoms with E-state index < -0.39 is 0 Å². The van der Waals surface area contributed by atoms with Gasteiger partial charge in [0, 0.05) is 6.42 Å². The van der Waals surface area contributed by atoms with Crippen molar-refractivity contribution in [3.05, 3.63) is 35.4 Å². The molecule has 4 nitrogen and oxygen atoms in total. The van der Waals surface area contributed by atoms with Crippen LogP contribution in [0.4, 0.5) is 0 Å². The van der Waals surface area contributed by atoms with Crippen LogP contribution in [0.2, 0.25) is 0 Å². The normalized spacial score (nSPS) is 12.0. The van der Waals surface area contributed by atoms with Crippen molar-refractivity contribution >= 4 is 11.9 Å².